The molecule has 2 atom stereocenters. The SMILES string of the molecule is CC(C)Oc1cc([C@@](Cc2ccccc2)(NC(=O)CC(N)C(F)(F)F)c2cc(F)cc(OC(F)(F)C(F)F)c2)ccc1F. The summed E-state index contributed by atoms with van der Waals surface area (Å²) in [5.74, 6) is -4.89. The smallest absolute Gasteiger partial charge is 0.461 e. The molecule has 0 bridgehead atoms. The molecule has 0 aliphatic carbocycles. The van der Waals surface area contributed by atoms with Crippen LogP contribution in [0.4, 0.5) is 39.5 Å². The van der Waals surface area contributed by atoms with Crippen LogP contribution in [0.25, 0.3) is 0 Å². The number of alkyl halides is 7. The zero-order valence-electron chi connectivity index (χ0n) is 22.7. The number of halogens is 9. The topological polar surface area (TPSA) is 73.6 Å². The first kappa shape index (κ1) is 33.6. The van der Waals surface area contributed by atoms with Crippen LogP contribution in [0.15, 0.2) is 66.7 Å². The zero-order valence-corrected chi connectivity index (χ0v) is 22.7. The molecular formula is C29H27F9N2O3. The van der Waals surface area contributed by atoms with E-state index in [0.29, 0.717) is 11.6 Å². The average molecular weight is 623 g/mol. The van der Waals surface area contributed by atoms with Crippen LogP contribution in [-0.2, 0) is 16.8 Å². The Labute approximate surface area is 240 Å². The number of amides is 1. The molecule has 3 aromatic rings. The van der Waals surface area contributed by atoms with Gasteiger partial charge in [0, 0.05) is 12.5 Å². The van der Waals surface area contributed by atoms with Gasteiger partial charge < -0.3 is 20.5 Å². The summed E-state index contributed by atoms with van der Waals surface area (Å²) >= 11 is 0. The fourth-order valence-electron chi connectivity index (χ4n) is 4.25. The predicted molar refractivity (Wildman–Crippen MR) is 138 cm³/mol. The van der Waals surface area contributed by atoms with E-state index in [2.05, 4.69) is 10.1 Å². The van der Waals surface area contributed by atoms with Crippen molar-refractivity contribution in [3.63, 3.8) is 0 Å². The first-order valence-corrected chi connectivity index (χ1v) is 12.7. The van der Waals surface area contributed by atoms with Crippen molar-refractivity contribution in [2.24, 2.45) is 5.73 Å². The lowest BCUT2D eigenvalue weighted by Gasteiger charge is -2.37. The number of benzene rings is 3. The third-order valence-electron chi connectivity index (χ3n) is 6.15. The highest BCUT2D eigenvalue weighted by Crippen LogP contribution is 2.39. The van der Waals surface area contributed by atoms with Crippen molar-refractivity contribution in [2.75, 3.05) is 0 Å². The van der Waals surface area contributed by atoms with E-state index < -0.39 is 71.7 Å². The van der Waals surface area contributed by atoms with Gasteiger partial charge in [0.25, 0.3) is 0 Å². The highest BCUT2D eigenvalue weighted by molar-refractivity contribution is 5.79. The number of hydrogen-bond acceptors (Lipinski definition) is 4. The number of nitrogens with two attached hydrogens (primary N) is 1. The molecule has 43 heavy (non-hydrogen) atoms. The van der Waals surface area contributed by atoms with Gasteiger partial charge in [-0.15, -0.1) is 0 Å². The zero-order chi connectivity index (χ0) is 32.2. The second-order valence-corrected chi connectivity index (χ2v) is 9.92. The van der Waals surface area contributed by atoms with Crippen LogP contribution in [0, 0.1) is 11.6 Å². The van der Waals surface area contributed by atoms with Crippen molar-refractivity contribution >= 4 is 5.91 Å². The number of rotatable bonds is 12. The lowest BCUT2D eigenvalue weighted by Crippen LogP contribution is -2.51. The maximum atomic E-state index is 14.9. The minimum Gasteiger partial charge on any atom is -0.488 e. The van der Waals surface area contributed by atoms with Crippen LogP contribution >= 0.6 is 0 Å². The Morgan fingerprint density at radius 1 is 0.907 bits per heavy atom. The van der Waals surface area contributed by atoms with Crippen molar-refractivity contribution in [2.45, 2.75) is 63.1 Å². The molecule has 0 spiro atoms. The summed E-state index contributed by atoms with van der Waals surface area (Å²) in [6, 6.07) is 10.2. The van der Waals surface area contributed by atoms with Gasteiger partial charge in [-0.1, -0.05) is 36.4 Å². The van der Waals surface area contributed by atoms with Gasteiger partial charge in [-0.3, -0.25) is 4.79 Å². The molecule has 0 heterocycles. The number of hydrogen-bond donors (Lipinski definition) is 2. The van der Waals surface area contributed by atoms with E-state index >= 15 is 0 Å². The molecule has 0 saturated heterocycles. The van der Waals surface area contributed by atoms with Gasteiger partial charge in [0.05, 0.1) is 18.1 Å². The van der Waals surface area contributed by atoms with Crippen LogP contribution in [0.1, 0.15) is 37.0 Å². The lowest BCUT2D eigenvalue weighted by atomic mass is 9.77. The van der Waals surface area contributed by atoms with Gasteiger partial charge in [-0.25, -0.2) is 8.78 Å². The predicted octanol–water partition coefficient (Wildman–Crippen LogP) is 6.87. The van der Waals surface area contributed by atoms with E-state index in [-0.39, 0.29) is 17.7 Å². The summed E-state index contributed by atoms with van der Waals surface area (Å²) < 4.78 is 132. The highest BCUT2D eigenvalue weighted by atomic mass is 19.4. The van der Waals surface area contributed by atoms with Crippen molar-refractivity contribution in [1.29, 1.82) is 0 Å². The van der Waals surface area contributed by atoms with Gasteiger partial charge in [-0.05, 0) is 54.8 Å². The average Bonchev–Trinajstić information content (AvgIpc) is 2.88. The molecule has 14 heteroatoms. The van der Waals surface area contributed by atoms with Crippen molar-refractivity contribution < 1.29 is 53.8 Å². The van der Waals surface area contributed by atoms with Gasteiger partial charge in [0.1, 0.15) is 17.6 Å². The number of carbonyl (C=O) groups is 1. The molecule has 3 N–H and O–H groups in total. The summed E-state index contributed by atoms with van der Waals surface area (Å²) in [5, 5.41) is 2.40. The Morgan fingerprint density at radius 3 is 2.14 bits per heavy atom. The number of ether oxygens (including phenoxy) is 2. The molecule has 5 nitrogen and oxygen atoms in total. The first-order chi connectivity index (χ1) is 19.9. The quantitative estimate of drug-likeness (QED) is 0.216. The van der Waals surface area contributed by atoms with E-state index in [4.69, 9.17) is 10.5 Å². The minimum absolute atomic E-state index is 0.0838. The minimum atomic E-state index is -5.05. The molecule has 0 fully saturated rings. The summed E-state index contributed by atoms with van der Waals surface area (Å²) in [6.45, 7) is 3.14. The van der Waals surface area contributed by atoms with Crippen molar-refractivity contribution in [3.05, 3.63) is 95.1 Å². The Balaban J connectivity index is 2.32. The lowest BCUT2D eigenvalue weighted by molar-refractivity contribution is -0.253. The monoisotopic (exact) mass is 622 g/mol. The normalized spacial score (nSPS) is 14.4. The Hall–Kier alpha value is -3.94. The van der Waals surface area contributed by atoms with E-state index in [1.165, 1.54) is 0 Å². The third kappa shape index (κ3) is 8.55. The van der Waals surface area contributed by atoms with Gasteiger partial charge >= 0.3 is 18.7 Å². The Morgan fingerprint density at radius 2 is 1.56 bits per heavy atom. The second-order valence-electron chi connectivity index (χ2n) is 9.92. The van der Waals surface area contributed by atoms with Crippen molar-refractivity contribution in [1.82, 2.24) is 5.32 Å². The Kier molecular flexibility index (Phi) is 10.3. The van der Waals surface area contributed by atoms with E-state index in [0.717, 1.165) is 30.3 Å². The van der Waals surface area contributed by atoms with Crippen LogP contribution in [0.3, 0.4) is 0 Å². The summed E-state index contributed by atoms with van der Waals surface area (Å²) in [6.07, 6.45) is -16.6. The second kappa shape index (κ2) is 13.1. The molecule has 234 valence electrons. The van der Waals surface area contributed by atoms with E-state index in [1.54, 1.807) is 44.2 Å². The standard InChI is InChI=1S/C29H27F9N2O3/c1-16(2)42-23-12-18(8-9-22(23)31)27(15-17-6-4-3-5-7-17,40-25(41)14-24(39)28(34,35)36)19-10-20(30)13-21(11-19)43-29(37,38)26(32)33/h3-13,16,24,26H,14-15,39H2,1-2H3,(H,40,41)/t24?,27-/m1/s1. The molecule has 1 unspecified atom stereocenters. The summed E-state index contributed by atoms with van der Waals surface area (Å²) in [4.78, 5) is 13.1. The summed E-state index contributed by atoms with van der Waals surface area (Å²) in [5.41, 5.74) is 2.92. The molecule has 3 rings (SSSR count). The molecule has 0 saturated carbocycles. The van der Waals surface area contributed by atoms with Gasteiger partial charge in [-0.2, -0.15) is 30.7 Å². The molecule has 0 aliphatic heterocycles. The van der Waals surface area contributed by atoms with Crippen LogP contribution in [0.2, 0.25) is 0 Å². The largest absolute Gasteiger partial charge is 0.488 e. The molecule has 3 aromatic carbocycles. The summed E-state index contributed by atoms with van der Waals surface area (Å²) in [7, 11) is 0. The first-order valence-electron chi connectivity index (χ1n) is 12.7. The van der Waals surface area contributed by atoms with Crippen LogP contribution in [-0.4, -0.2) is 36.8 Å². The maximum absolute atomic E-state index is 14.9. The number of nitrogens with one attached hydrogen (secondary N) is 1. The molecule has 1 amide bonds. The van der Waals surface area contributed by atoms with Gasteiger partial charge in [0.15, 0.2) is 11.6 Å². The number of carbonyl (C=O) groups excluding carboxylic acids is 1. The fraction of sp³-hybridized carbons (Fsp3) is 0.345. The molecule has 0 radical (unpaired) electrons. The highest BCUT2D eigenvalue weighted by Gasteiger charge is 2.45. The molecule has 0 aliphatic rings. The molecule has 0 aromatic heterocycles. The van der Waals surface area contributed by atoms with E-state index in [9.17, 15) is 44.3 Å². The Bertz CT molecular complexity index is 1400. The van der Waals surface area contributed by atoms with Crippen LogP contribution in [0.5, 0.6) is 11.5 Å². The van der Waals surface area contributed by atoms with Crippen LogP contribution < -0.4 is 20.5 Å². The van der Waals surface area contributed by atoms with Gasteiger partial charge in [0.2, 0.25) is 5.91 Å². The molecular weight excluding hydrogens is 595 g/mol. The van der Waals surface area contributed by atoms with E-state index in [1.807, 2.05) is 0 Å². The fourth-order valence-corrected chi connectivity index (χ4v) is 4.25. The third-order valence-corrected chi connectivity index (χ3v) is 6.15. The van der Waals surface area contributed by atoms with Crippen molar-refractivity contribution in [3.8, 4) is 11.5 Å². The maximum Gasteiger partial charge on any atom is 0.461 e.